The van der Waals surface area contributed by atoms with Gasteiger partial charge >= 0.3 is 5.97 Å². The maximum atomic E-state index is 13.6. The molecule has 7 atom stereocenters. The van der Waals surface area contributed by atoms with E-state index in [0.717, 1.165) is 31.3 Å². The van der Waals surface area contributed by atoms with Crippen molar-refractivity contribution in [2.45, 2.75) is 78.6 Å². The van der Waals surface area contributed by atoms with Crippen molar-refractivity contribution in [3.05, 3.63) is 11.1 Å². The van der Waals surface area contributed by atoms with E-state index < -0.39 is 18.2 Å². The minimum Gasteiger partial charge on any atom is -0.454 e. The third-order valence-corrected chi connectivity index (χ3v) is 7.99. The summed E-state index contributed by atoms with van der Waals surface area (Å²) >= 11 is 0. The van der Waals surface area contributed by atoms with Crippen LogP contribution in [0.15, 0.2) is 11.1 Å². The average Bonchev–Trinajstić information content (AvgIpc) is 3.06. The zero-order chi connectivity index (χ0) is 19.7. The summed E-state index contributed by atoms with van der Waals surface area (Å²) in [6.07, 6.45) is 2.16. The second kappa shape index (κ2) is 6.15. The normalized spacial score (nSPS) is 46.3. The van der Waals surface area contributed by atoms with Gasteiger partial charge in [-0.3, -0.25) is 9.59 Å². The summed E-state index contributed by atoms with van der Waals surface area (Å²) in [5.74, 6) is -0.491. The molecule has 1 aliphatic heterocycles. The molecule has 3 aliphatic carbocycles. The van der Waals surface area contributed by atoms with E-state index in [2.05, 4.69) is 27.7 Å². The highest BCUT2D eigenvalue weighted by Crippen LogP contribution is 2.63. The SMILES string of the molecule is CC(=O)O[C@@H]1C(=O)[C@H]2[C@@H]3OCC4=C3[C@@](C)(CC[C@@H]4O)CC[C@]2(C)[C@H]1C(C)C. The predicted octanol–water partition coefficient (Wildman–Crippen LogP) is 3.05. The van der Waals surface area contributed by atoms with Gasteiger partial charge in [-0.05, 0) is 53.6 Å². The third-order valence-electron chi connectivity index (χ3n) is 7.99. The van der Waals surface area contributed by atoms with Crippen molar-refractivity contribution in [2.75, 3.05) is 6.61 Å². The number of esters is 1. The highest BCUT2D eigenvalue weighted by atomic mass is 16.5. The highest BCUT2D eigenvalue weighted by Gasteiger charge is 2.66. The Balaban J connectivity index is 1.84. The monoisotopic (exact) mass is 376 g/mol. The minimum atomic E-state index is -0.691. The number of rotatable bonds is 2. The van der Waals surface area contributed by atoms with Gasteiger partial charge in [0.05, 0.1) is 24.7 Å². The Morgan fingerprint density at radius 1 is 1.26 bits per heavy atom. The summed E-state index contributed by atoms with van der Waals surface area (Å²) < 4.78 is 11.8. The molecule has 150 valence electrons. The number of ketones is 1. The van der Waals surface area contributed by atoms with E-state index in [4.69, 9.17) is 9.47 Å². The first-order chi connectivity index (χ1) is 12.6. The van der Waals surface area contributed by atoms with E-state index >= 15 is 0 Å². The van der Waals surface area contributed by atoms with E-state index in [-0.39, 0.29) is 40.5 Å². The summed E-state index contributed by atoms with van der Waals surface area (Å²) in [5, 5.41) is 10.5. The smallest absolute Gasteiger partial charge is 0.303 e. The number of hydrogen-bond donors (Lipinski definition) is 1. The summed E-state index contributed by atoms with van der Waals surface area (Å²) in [6, 6.07) is 0. The molecule has 0 aromatic rings. The van der Waals surface area contributed by atoms with Crippen LogP contribution in [0.3, 0.4) is 0 Å². The fourth-order valence-electron chi connectivity index (χ4n) is 6.83. The number of aliphatic hydroxyl groups is 1. The molecule has 2 saturated carbocycles. The Labute approximate surface area is 161 Å². The highest BCUT2D eigenvalue weighted by molar-refractivity contribution is 5.92. The first-order valence-electron chi connectivity index (χ1n) is 10.3. The molecule has 2 fully saturated rings. The molecule has 0 saturated heterocycles. The van der Waals surface area contributed by atoms with Crippen molar-refractivity contribution in [3.63, 3.8) is 0 Å². The van der Waals surface area contributed by atoms with Crippen LogP contribution in [-0.4, -0.2) is 41.8 Å². The zero-order valence-electron chi connectivity index (χ0n) is 17.1. The molecule has 1 heterocycles. The topological polar surface area (TPSA) is 72.8 Å². The van der Waals surface area contributed by atoms with Gasteiger partial charge in [0.15, 0.2) is 11.9 Å². The van der Waals surface area contributed by atoms with Gasteiger partial charge in [-0.25, -0.2) is 0 Å². The number of carbonyl (C=O) groups is 2. The van der Waals surface area contributed by atoms with Crippen molar-refractivity contribution in [2.24, 2.45) is 28.6 Å². The van der Waals surface area contributed by atoms with E-state index in [1.54, 1.807) is 0 Å². The lowest BCUT2D eigenvalue weighted by Gasteiger charge is -2.39. The molecule has 0 unspecified atom stereocenters. The van der Waals surface area contributed by atoms with E-state index in [1.807, 2.05) is 0 Å². The quantitative estimate of drug-likeness (QED) is 0.592. The summed E-state index contributed by atoms with van der Waals surface area (Å²) in [4.78, 5) is 25.3. The fourth-order valence-corrected chi connectivity index (χ4v) is 6.83. The van der Waals surface area contributed by atoms with Crippen LogP contribution in [-0.2, 0) is 19.1 Å². The average molecular weight is 376 g/mol. The minimum absolute atomic E-state index is 0.00876. The van der Waals surface area contributed by atoms with E-state index in [0.29, 0.717) is 6.61 Å². The molecular weight excluding hydrogens is 344 g/mol. The number of Topliss-reactive ketones (excluding diaryl/α,β-unsaturated/α-hetero) is 1. The molecule has 4 rings (SSSR count). The van der Waals surface area contributed by atoms with Gasteiger partial charge in [0.25, 0.3) is 0 Å². The van der Waals surface area contributed by atoms with Crippen molar-refractivity contribution >= 4 is 11.8 Å². The summed E-state index contributed by atoms with van der Waals surface area (Å²) in [7, 11) is 0. The molecule has 5 nitrogen and oxygen atoms in total. The Hall–Kier alpha value is -1.20. The first kappa shape index (κ1) is 19.1. The number of aliphatic hydroxyl groups excluding tert-OH is 1. The Morgan fingerprint density at radius 3 is 2.59 bits per heavy atom. The van der Waals surface area contributed by atoms with Crippen LogP contribution in [0.2, 0.25) is 0 Å². The molecule has 27 heavy (non-hydrogen) atoms. The van der Waals surface area contributed by atoms with Crippen molar-refractivity contribution < 1.29 is 24.2 Å². The van der Waals surface area contributed by atoms with Gasteiger partial charge in [-0.2, -0.15) is 0 Å². The number of carbonyl (C=O) groups excluding carboxylic acids is 2. The predicted molar refractivity (Wildman–Crippen MR) is 99.8 cm³/mol. The lowest BCUT2D eigenvalue weighted by atomic mass is 9.66. The lowest BCUT2D eigenvalue weighted by molar-refractivity contribution is -0.155. The van der Waals surface area contributed by atoms with E-state index in [1.165, 1.54) is 12.5 Å². The maximum Gasteiger partial charge on any atom is 0.303 e. The van der Waals surface area contributed by atoms with Crippen molar-refractivity contribution in [1.29, 1.82) is 0 Å². The molecule has 0 aromatic heterocycles. The number of fused-ring (bicyclic) bond motifs is 2. The van der Waals surface area contributed by atoms with Crippen molar-refractivity contribution in [3.8, 4) is 0 Å². The van der Waals surface area contributed by atoms with Gasteiger partial charge in [0.1, 0.15) is 0 Å². The van der Waals surface area contributed by atoms with Crippen LogP contribution < -0.4 is 0 Å². The fraction of sp³-hybridized carbons (Fsp3) is 0.818. The van der Waals surface area contributed by atoms with Crippen molar-refractivity contribution in [1.82, 2.24) is 0 Å². The molecule has 0 spiro atoms. The third kappa shape index (κ3) is 2.57. The van der Waals surface area contributed by atoms with Gasteiger partial charge < -0.3 is 14.6 Å². The Bertz CT molecular complexity index is 709. The first-order valence-corrected chi connectivity index (χ1v) is 10.3. The molecule has 1 N–H and O–H groups in total. The zero-order valence-corrected chi connectivity index (χ0v) is 17.1. The van der Waals surface area contributed by atoms with Gasteiger partial charge in [0, 0.05) is 12.8 Å². The van der Waals surface area contributed by atoms with Gasteiger partial charge in [-0.1, -0.05) is 27.7 Å². The van der Waals surface area contributed by atoms with Crippen LogP contribution in [0.1, 0.15) is 60.3 Å². The largest absolute Gasteiger partial charge is 0.454 e. The molecule has 0 bridgehead atoms. The standard InChI is InChI=1S/C22H32O5/c1-11(2)15-20(27-12(3)23)18(25)17-19-16-13(10-26-19)14(24)6-7-21(16,4)8-9-22(15,17)5/h11,14-15,17,19-20,24H,6-10H2,1-5H3/t14-,15-,17-,19+,20-,21-,22+/m0/s1. The second-order valence-electron chi connectivity index (χ2n) is 9.97. The van der Waals surface area contributed by atoms with Crippen LogP contribution in [0.4, 0.5) is 0 Å². The molecule has 0 aromatic carbocycles. The van der Waals surface area contributed by atoms with Crippen LogP contribution in [0.5, 0.6) is 0 Å². The molecule has 0 radical (unpaired) electrons. The molecular formula is C22H32O5. The second-order valence-corrected chi connectivity index (χ2v) is 9.97. The van der Waals surface area contributed by atoms with Crippen LogP contribution in [0.25, 0.3) is 0 Å². The van der Waals surface area contributed by atoms with Gasteiger partial charge in [-0.15, -0.1) is 0 Å². The molecule has 0 amide bonds. The molecule has 4 aliphatic rings. The Kier molecular flexibility index (Phi) is 4.36. The summed E-state index contributed by atoms with van der Waals surface area (Å²) in [6.45, 7) is 10.5. The van der Waals surface area contributed by atoms with Gasteiger partial charge in [0.2, 0.25) is 0 Å². The van der Waals surface area contributed by atoms with E-state index in [9.17, 15) is 14.7 Å². The van der Waals surface area contributed by atoms with Crippen LogP contribution in [0, 0.1) is 28.6 Å². The number of hydrogen-bond acceptors (Lipinski definition) is 5. The molecule has 5 heteroatoms. The van der Waals surface area contributed by atoms with Crippen LogP contribution >= 0.6 is 0 Å². The maximum absolute atomic E-state index is 13.6. The number of ether oxygens (including phenoxy) is 2. The summed E-state index contributed by atoms with van der Waals surface area (Å²) in [5.41, 5.74) is 1.89. The Morgan fingerprint density at radius 2 is 1.96 bits per heavy atom. The lowest BCUT2D eigenvalue weighted by Crippen LogP contribution is -2.40.